The first kappa shape index (κ1) is 9.08. The van der Waals surface area contributed by atoms with Crippen molar-refractivity contribution in [1.29, 1.82) is 0 Å². The standard InChI is InChI=1S/C9H9N3OS/c1-6(10-2)8-11-12-9(13-8)7-4-3-5-14-7/h3-5H,1-2H3. The fourth-order valence-corrected chi connectivity index (χ4v) is 1.61. The van der Waals surface area contributed by atoms with Gasteiger partial charge in [0.15, 0.2) is 0 Å². The molecular weight excluding hydrogens is 198 g/mol. The maximum atomic E-state index is 5.44. The van der Waals surface area contributed by atoms with Crippen LogP contribution in [0.1, 0.15) is 12.8 Å². The first-order valence-electron chi connectivity index (χ1n) is 4.12. The minimum atomic E-state index is 0.482. The second kappa shape index (κ2) is 3.71. The normalized spacial score (nSPS) is 12.0. The number of hydrogen-bond acceptors (Lipinski definition) is 5. The van der Waals surface area contributed by atoms with Crippen molar-refractivity contribution in [3.63, 3.8) is 0 Å². The highest BCUT2D eigenvalue weighted by atomic mass is 32.1. The zero-order valence-electron chi connectivity index (χ0n) is 7.89. The molecule has 0 aromatic carbocycles. The molecule has 0 radical (unpaired) electrons. The first-order valence-corrected chi connectivity index (χ1v) is 5.00. The van der Waals surface area contributed by atoms with Crippen LogP contribution in [0.15, 0.2) is 26.9 Å². The number of thiophene rings is 1. The highest BCUT2D eigenvalue weighted by Crippen LogP contribution is 2.22. The summed E-state index contributed by atoms with van der Waals surface area (Å²) < 4.78 is 5.44. The number of nitrogens with zero attached hydrogens (tertiary/aromatic N) is 3. The van der Waals surface area contributed by atoms with E-state index < -0.39 is 0 Å². The Kier molecular flexibility index (Phi) is 2.41. The molecular formula is C9H9N3OS. The van der Waals surface area contributed by atoms with Crippen molar-refractivity contribution < 1.29 is 4.42 Å². The van der Waals surface area contributed by atoms with Crippen LogP contribution in [-0.2, 0) is 0 Å². The van der Waals surface area contributed by atoms with Gasteiger partial charge < -0.3 is 4.42 Å². The maximum absolute atomic E-state index is 5.44. The molecule has 0 saturated heterocycles. The first-order chi connectivity index (χ1) is 6.81. The third kappa shape index (κ3) is 1.58. The Hall–Kier alpha value is -1.49. The van der Waals surface area contributed by atoms with Crippen LogP contribution in [0.2, 0.25) is 0 Å². The minimum Gasteiger partial charge on any atom is -0.414 e. The van der Waals surface area contributed by atoms with Gasteiger partial charge in [0.25, 0.3) is 11.8 Å². The van der Waals surface area contributed by atoms with E-state index in [-0.39, 0.29) is 0 Å². The molecule has 2 heterocycles. The van der Waals surface area contributed by atoms with Crippen LogP contribution in [0, 0.1) is 0 Å². The second-order valence-electron chi connectivity index (χ2n) is 2.70. The highest BCUT2D eigenvalue weighted by Gasteiger charge is 2.10. The van der Waals surface area contributed by atoms with E-state index in [1.165, 1.54) is 0 Å². The van der Waals surface area contributed by atoms with Crippen molar-refractivity contribution in [1.82, 2.24) is 10.2 Å². The predicted molar refractivity (Wildman–Crippen MR) is 55.7 cm³/mol. The predicted octanol–water partition coefficient (Wildman–Crippen LogP) is 2.24. The number of aliphatic imine (C=N–C) groups is 1. The van der Waals surface area contributed by atoms with Gasteiger partial charge in [-0.15, -0.1) is 21.5 Å². The van der Waals surface area contributed by atoms with Gasteiger partial charge in [0.2, 0.25) is 0 Å². The van der Waals surface area contributed by atoms with Gasteiger partial charge in [-0.25, -0.2) is 0 Å². The van der Waals surface area contributed by atoms with Gasteiger partial charge in [0, 0.05) is 7.05 Å². The van der Waals surface area contributed by atoms with Gasteiger partial charge in [0.05, 0.1) is 10.6 Å². The third-order valence-corrected chi connectivity index (χ3v) is 2.66. The molecule has 0 unspecified atom stereocenters. The lowest BCUT2D eigenvalue weighted by atomic mass is 10.4. The van der Waals surface area contributed by atoms with Gasteiger partial charge in [-0.2, -0.15) is 0 Å². The fourth-order valence-electron chi connectivity index (χ4n) is 0.965. The SMILES string of the molecule is CN=C(C)c1nnc(-c2cccs2)o1. The smallest absolute Gasteiger partial charge is 0.261 e. The molecule has 0 atom stereocenters. The van der Waals surface area contributed by atoms with Crippen molar-refractivity contribution in [3.05, 3.63) is 23.4 Å². The second-order valence-corrected chi connectivity index (χ2v) is 3.65. The molecule has 5 heteroatoms. The summed E-state index contributed by atoms with van der Waals surface area (Å²) in [4.78, 5) is 4.96. The van der Waals surface area contributed by atoms with Gasteiger partial charge in [0.1, 0.15) is 0 Å². The highest BCUT2D eigenvalue weighted by molar-refractivity contribution is 7.13. The summed E-state index contributed by atoms with van der Waals surface area (Å²) in [5.74, 6) is 1.04. The number of aromatic nitrogens is 2. The van der Waals surface area contributed by atoms with E-state index in [1.54, 1.807) is 18.4 Å². The molecule has 14 heavy (non-hydrogen) atoms. The maximum Gasteiger partial charge on any atom is 0.261 e. The Balaban J connectivity index is 2.36. The lowest BCUT2D eigenvalue weighted by Crippen LogP contribution is -1.93. The van der Waals surface area contributed by atoms with Crippen LogP contribution < -0.4 is 0 Å². The van der Waals surface area contributed by atoms with Crippen molar-refractivity contribution in [3.8, 4) is 10.8 Å². The van der Waals surface area contributed by atoms with Gasteiger partial charge in [-0.3, -0.25) is 4.99 Å². The Labute approximate surface area is 85.3 Å². The molecule has 0 amide bonds. The van der Waals surface area contributed by atoms with Crippen LogP contribution in [0.3, 0.4) is 0 Å². The summed E-state index contributed by atoms with van der Waals surface area (Å²) in [5, 5.41) is 9.81. The molecule has 0 bridgehead atoms. The molecule has 0 N–H and O–H groups in total. The Bertz CT molecular complexity index is 444. The Morgan fingerprint density at radius 3 is 3.00 bits per heavy atom. The molecule has 0 spiro atoms. The van der Waals surface area contributed by atoms with Crippen LogP contribution >= 0.6 is 11.3 Å². The lowest BCUT2D eigenvalue weighted by Gasteiger charge is -1.88. The van der Waals surface area contributed by atoms with E-state index in [0.717, 1.165) is 10.6 Å². The summed E-state index contributed by atoms with van der Waals surface area (Å²) in [6, 6.07) is 3.89. The Morgan fingerprint density at radius 1 is 1.50 bits per heavy atom. The van der Waals surface area contributed by atoms with Crippen LogP contribution in [0.25, 0.3) is 10.8 Å². The van der Waals surface area contributed by atoms with Crippen molar-refractivity contribution in [2.45, 2.75) is 6.92 Å². The summed E-state index contributed by atoms with van der Waals surface area (Å²) >= 11 is 1.57. The van der Waals surface area contributed by atoms with E-state index in [0.29, 0.717) is 11.8 Å². The molecule has 4 nitrogen and oxygen atoms in total. The third-order valence-electron chi connectivity index (χ3n) is 1.80. The van der Waals surface area contributed by atoms with E-state index >= 15 is 0 Å². The van der Waals surface area contributed by atoms with E-state index in [2.05, 4.69) is 15.2 Å². The molecule has 2 aromatic rings. The van der Waals surface area contributed by atoms with E-state index in [1.807, 2.05) is 24.4 Å². The summed E-state index contributed by atoms with van der Waals surface area (Å²) in [6.07, 6.45) is 0. The topological polar surface area (TPSA) is 51.3 Å². The lowest BCUT2D eigenvalue weighted by molar-refractivity contribution is 0.559. The molecule has 0 aliphatic heterocycles. The van der Waals surface area contributed by atoms with Crippen molar-refractivity contribution >= 4 is 17.0 Å². The molecule has 0 fully saturated rings. The minimum absolute atomic E-state index is 0.482. The summed E-state index contributed by atoms with van der Waals surface area (Å²) in [6.45, 7) is 1.84. The van der Waals surface area contributed by atoms with Crippen LogP contribution in [0.4, 0.5) is 0 Å². The molecule has 72 valence electrons. The number of rotatable bonds is 2. The average molecular weight is 207 g/mol. The monoisotopic (exact) mass is 207 g/mol. The molecule has 0 aliphatic carbocycles. The fraction of sp³-hybridized carbons (Fsp3) is 0.222. The Morgan fingerprint density at radius 2 is 2.36 bits per heavy atom. The van der Waals surface area contributed by atoms with Gasteiger partial charge in [-0.1, -0.05) is 6.07 Å². The van der Waals surface area contributed by atoms with Gasteiger partial charge in [-0.05, 0) is 18.4 Å². The largest absolute Gasteiger partial charge is 0.414 e. The molecule has 2 aromatic heterocycles. The quantitative estimate of drug-likeness (QED) is 0.709. The molecule has 2 rings (SSSR count). The van der Waals surface area contributed by atoms with Gasteiger partial charge >= 0.3 is 0 Å². The number of hydrogen-bond donors (Lipinski definition) is 0. The van der Waals surface area contributed by atoms with E-state index in [9.17, 15) is 0 Å². The molecule has 0 saturated carbocycles. The molecule has 0 aliphatic rings. The van der Waals surface area contributed by atoms with Crippen molar-refractivity contribution in [2.24, 2.45) is 4.99 Å². The average Bonchev–Trinajstić information content (AvgIpc) is 2.86. The zero-order chi connectivity index (χ0) is 9.97. The van der Waals surface area contributed by atoms with E-state index in [4.69, 9.17) is 4.42 Å². The van der Waals surface area contributed by atoms with Crippen molar-refractivity contribution in [2.75, 3.05) is 7.05 Å². The van der Waals surface area contributed by atoms with Crippen LogP contribution in [0.5, 0.6) is 0 Å². The summed E-state index contributed by atoms with van der Waals surface area (Å²) in [7, 11) is 1.70. The van der Waals surface area contributed by atoms with Crippen LogP contribution in [-0.4, -0.2) is 23.0 Å². The summed E-state index contributed by atoms with van der Waals surface area (Å²) in [5.41, 5.74) is 0.750. The zero-order valence-corrected chi connectivity index (χ0v) is 8.71.